The molecule has 0 spiro atoms. The lowest BCUT2D eigenvalue weighted by Crippen LogP contribution is -2.45. The van der Waals surface area contributed by atoms with Crippen LogP contribution in [-0.4, -0.2) is 40.8 Å². The number of benzene rings is 1. The lowest BCUT2D eigenvalue weighted by molar-refractivity contribution is -0.269. The van der Waals surface area contributed by atoms with Gasteiger partial charge in [0.1, 0.15) is 5.01 Å². The lowest BCUT2D eigenvalue weighted by Gasteiger charge is -2.27. The topological polar surface area (TPSA) is 88.5 Å². The van der Waals surface area contributed by atoms with Gasteiger partial charge in [0.2, 0.25) is 5.60 Å². The third-order valence-electron chi connectivity index (χ3n) is 4.85. The number of alkyl halides is 3. The number of halogens is 3. The van der Waals surface area contributed by atoms with Crippen molar-refractivity contribution in [1.29, 1.82) is 0 Å². The number of esters is 1. The summed E-state index contributed by atoms with van der Waals surface area (Å²) in [5.74, 6) is -1.90. The number of aromatic nitrogens is 1. The average molecular weight is 430 g/mol. The molecule has 1 heterocycles. The lowest BCUT2D eigenvalue weighted by atomic mass is 9.95. The van der Waals surface area contributed by atoms with E-state index in [2.05, 4.69) is 10.3 Å². The Hall–Kier alpha value is -2.20. The summed E-state index contributed by atoms with van der Waals surface area (Å²) in [4.78, 5) is 27.7. The highest BCUT2D eigenvalue weighted by Crippen LogP contribution is 2.44. The minimum atomic E-state index is -5.15. The Morgan fingerprint density at radius 3 is 2.55 bits per heavy atom. The Balaban J connectivity index is 1.65. The summed E-state index contributed by atoms with van der Waals surface area (Å²) < 4.78 is 46.0. The molecule has 1 saturated carbocycles. The molecular formula is C19H21F3N2O4S. The molecular weight excluding hydrogens is 409 g/mol. The van der Waals surface area contributed by atoms with Crippen LogP contribution in [0.15, 0.2) is 24.3 Å². The number of carbonyl (C=O) groups excluding carboxylic acids is 2. The van der Waals surface area contributed by atoms with Crippen LogP contribution in [0.25, 0.3) is 10.2 Å². The maximum atomic E-state index is 13.6. The zero-order chi connectivity index (χ0) is 21.1. The molecule has 1 fully saturated rings. The average Bonchev–Trinajstić information content (AvgIpc) is 3.11. The second kappa shape index (κ2) is 8.66. The molecule has 10 heteroatoms. The Bertz CT molecular complexity index is 847. The fourth-order valence-electron chi connectivity index (χ4n) is 3.27. The second-order valence-electron chi connectivity index (χ2n) is 7.08. The van der Waals surface area contributed by atoms with Crippen molar-refractivity contribution in [3.05, 3.63) is 29.3 Å². The van der Waals surface area contributed by atoms with Crippen LogP contribution in [0.4, 0.5) is 13.2 Å². The summed E-state index contributed by atoms with van der Waals surface area (Å²) in [7, 11) is 0. The summed E-state index contributed by atoms with van der Waals surface area (Å²) in [6, 6.07) is 6.32. The molecule has 6 nitrogen and oxygen atoms in total. The van der Waals surface area contributed by atoms with Crippen LogP contribution in [0.5, 0.6) is 0 Å². The first-order valence-electron chi connectivity index (χ1n) is 9.29. The number of para-hydroxylation sites is 1. The van der Waals surface area contributed by atoms with Gasteiger partial charge in [0.15, 0.2) is 6.61 Å². The first kappa shape index (κ1) is 21.5. The van der Waals surface area contributed by atoms with Crippen molar-refractivity contribution < 1.29 is 32.6 Å². The molecule has 0 aliphatic heterocycles. The number of thiazole rings is 1. The van der Waals surface area contributed by atoms with Gasteiger partial charge in [-0.2, -0.15) is 13.2 Å². The monoisotopic (exact) mass is 430 g/mol. The second-order valence-corrected chi connectivity index (χ2v) is 8.12. The van der Waals surface area contributed by atoms with Gasteiger partial charge in [-0.1, -0.05) is 31.4 Å². The van der Waals surface area contributed by atoms with E-state index < -0.39 is 41.7 Å². The molecule has 1 aliphatic rings. The third-order valence-corrected chi connectivity index (χ3v) is 6.04. The zero-order valence-electron chi connectivity index (χ0n) is 15.5. The molecule has 1 atom stereocenters. The van der Waals surface area contributed by atoms with Gasteiger partial charge < -0.3 is 15.2 Å². The molecule has 0 radical (unpaired) electrons. The Morgan fingerprint density at radius 2 is 1.90 bits per heavy atom. The van der Waals surface area contributed by atoms with E-state index in [1.165, 1.54) is 6.07 Å². The standard InChI is InChI=1S/C19H21F3N2O4S/c20-19(21,22)18(27,17-24-13-8-4-5-9-14(13)29-17)10-16(26)28-11-15(25)23-12-6-2-1-3-7-12/h4-5,8-9,12,27H,1-3,6-7,10-11H2,(H,23,25)/t18-/m1/s1. The summed E-state index contributed by atoms with van der Waals surface area (Å²) in [6.07, 6.45) is -1.80. The van der Waals surface area contributed by atoms with E-state index in [4.69, 9.17) is 4.74 Å². The molecule has 2 N–H and O–H groups in total. The molecule has 0 saturated heterocycles. The van der Waals surface area contributed by atoms with Crippen molar-refractivity contribution in [2.45, 2.75) is 56.3 Å². The number of nitrogens with zero attached hydrogens (tertiary/aromatic N) is 1. The number of amides is 1. The van der Waals surface area contributed by atoms with Crippen LogP contribution >= 0.6 is 11.3 Å². The van der Waals surface area contributed by atoms with Gasteiger partial charge in [0.05, 0.1) is 16.6 Å². The molecule has 1 aliphatic carbocycles. The quantitative estimate of drug-likeness (QED) is 0.686. The van der Waals surface area contributed by atoms with E-state index in [9.17, 15) is 27.9 Å². The van der Waals surface area contributed by atoms with E-state index in [1.54, 1.807) is 18.2 Å². The van der Waals surface area contributed by atoms with Crippen molar-refractivity contribution in [1.82, 2.24) is 10.3 Å². The van der Waals surface area contributed by atoms with Gasteiger partial charge >= 0.3 is 12.1 Å². The van der Waals surface area contributed by atoms with Crippen LogP contribution in [0.1, 0.15) is 43.5 Å². The number of fused-ring (bicyclic) bond motifs is 1. The number of aliphatic hydroxyl groups is 1. The summed E-state index contributed by atoms with van der Waals surface area (Å²) in [5, 5.41) is 12.4. The molecule has 158 valence electrons. The van der Waals surface area contributed by atoms with Crippen LogP contribution < -0.4 is 5.32 Å². The van der Waals surface area contributed by atoms with Crippen molar-refractivity contribution in [3.8, 4) is 0 Å². The molecule has 2 aromatic rings. The van der Waals surface area contributed by atoms with E-state index in [0.717, 1.165) is 32.1 Å². The number of hydrogen-bond acceptors (Lipinski definition) is 6. The van der Waals surface area contributed by atoms with Crippen LogP contribution in [0.2, 0.25) is 0 Å². The van der Waals surface area contributed by atoms with Crippen molar-refractivity contribution in [2.24, 2.45) is 0 Å². The van der Waals surface area contributed by atoms with Gasteiger partial charge in [-0.15, -0.1) is 11.3 Å². The molecule has 0 unspecified atom stereocenters. The largest absolute Gasteiger partial charge is 0.455 e. The Labute approximate surface area is 169 Å². The molecule has 29 heavy (non-hydrogen) atoms. The van der Waals surface area contributed by atoms with Crippen LogP contribution in [0.3, 0.4) is 0 Å². The highest BCUT2D eigenvalue weighted by Gasteiger charge is 2.58. The first-order chi connectivity index (χ1) is 13.7. The Kier molecular flexibility index (Phi) is 6.42. The predicted molar refractivity (Wildman–Crippen MR) is 100 cm³/mol. The molecule has 1 aromatic heterocycles. The first-order valence-corrected chi connectivity index (χ1v) is 10.1. The number of ether oxygens (including phenoxy) is 1. The normalized spacial score (nSPS) is 17.7. The number of carbonyl (C=O) groups is 2. The molecule has 3 rings (SSSR count). The predicted octanol–water partition coefficient (Wildman–Crippen LogP) is 3.43. The van der Waals surface area contributed by atoms with Crippen LogP contribution in [-0.2, 0) is 19.9 Å². The van der Waals surface area contributed by atoms with E-state index in [-0.39, 0.29) is 11.6 Å². The maximum absolute atomic E-state index is 13.6. The number of hydrogen-bond donors (Lipinski definition) is 2. The summed E-state index contributed by atoms with van der Waals surface area (Å²) >= 11 is 0.653. The van der Waals surface area contributed by atoms with Crippen molar-refractivity contribution in [2.75, 3.05) is 6.61 Å². The van der Waals surface area contributed by atoms with Gasteiger partial charge in [0, 0.05) is 6.04 Å². The van der Waals surface area contributed by atoms with E-state index >= 15 is 0 Å². The minimum absolute atomic E-state index is 0.00944. The maximum Gasteiger partial charge on any atom is 0.424 e. The van der Waals surface area contributed by atoms with E-state index in [1.807, 2.05) is 0 Å². The zero-order valence-corrected chi connectivity index (χ0v) is 16.3. The SMILES string of the molecule is O=C(COC(=O)C[C@@](O)(c1nc2ccccc2s1)C(F)(F)F)NC1CCCCC1. The van der Waals surface area contributed by atoms with E-state index in [0.29, 0.717) is 16.0 Å². The fraction of sp³-hybridized carbons (Fsp3) is 0.526. The molecule has 0 bridgehead atoms. The van der Waals surface area contributed by atoms with Crippen molar-refractivity contribution >= 4 is 33.4 Å². The highest BCUT2D eigenvalue weighted by atomic mass is 32.1. The van der Waals surface area contributed by atoms with Gasteiger partial charge in [0.25, 0.3) is 5.91 Å². The summed E-state index contributed by atoms with van der Waals surface area (Å²) in [6.45, 7) is -0.691. The Morgan fingerprint density at radius 1 is 1.21 bits per heavy atom. The molecule has 1 amide bonds. The van der Waals surface area contributed by atoms with Gasteiger partial charge in [-0.25, -0.2) is 4.98 Å². The van der Waals surface area contributed by atoms with Gasteiger partial charge in [-0.3, -0.25) is 9.59 Å². The highest BCUT2D eigenvalue weighted by molar-refractivity contribution is 7.18. The van der Waals surface area contributed by atoms with Gasteiger partial charge in [-0.05, 0) is 25.0 Å². The number of nitrogens with one attached hydrogen (secondary N) is 1. The minimum Gasteiger partial charge on any atom is -0.455 e. The number of rotatable bonds is 6. The molecule has 1 aromatic carbocycles. The smallest absolute Gasteiger partial charge is 0.424 e. The van der Waals surface area contributed by atoms with Crippen LogP contribution in [0, 0.1) is 0 Å². The summed E-state index contributed by atoms with van der Waals surface area (Å²) in [5.41, 5.74) is -3.21. The third kappa shape index (κ3) is 5.05. The van der Waals surface area contributed by atoms with Crippen molar-refractivity contribution in [3.63, 3.8) is 0 Å². The fourth-order valence-corrected chi connectivity index (χ4v) is 4.34.